The summed E-state index contributed by atoms with van der Waals surface area (Å²) in [7, 11) is 0. The van der Waals surface area contributed by atoms with Gasteiger partial charge in [-0.25, -0.2) is 5.01 Å². The number of nitrogen functional groups attached to an aromatic ring is 1. The molecule has 3 rings (SSSR count). The van der Waals surface area contributed by atoms with Crippen molar-refractivity contribution in [3.8, 4) is 0 Å². The smallest absolute Gasteiger partial charge is 0.248 e. The summed E-state index contributed by atoms with van der Waals surface area (Å²) in [5.41, 5.74) is 8.15. The average Bonchev–Trinajstić information content (AvgIpc) is 2.33. The van der Waals surface area contributed by atoms with Crippen molar-refractivity contribution < 1.29 is 4.79 Å². The highest BCUT2D eigenvalue weighted by molar-refractivity contribution is 6.06. The summed E-state index contributed by atoms with van der Waals surface area (Å²) >= 11 is 0. The largest absolute Gasteiger partial charge is 0.399 e. The fraction of sp³-hybridized carbons (Fsp3) is 0.500. The van der Waals surface area contributed by atoms with Crippen LogP contribution in [0, 0.1) is 5.41 Å². The number of amides is 1. The third-order valence-corrected chi connectivity index (χ3v) is 4.29. The van der Waals surface area contributed by atoms with Crippen molar-refractivity contribution in [2.24, 2.45) is 10.5 Å². The Balaban J connectivity index is 1.96. The molecule has 1 aromatic rings. The lowest BCUT2D eigenvalue weighted by Gasteiger charge is -2.41. The summed E-state index contributed by atoms with van der Waals surface area (Å²) in [6, 6.07) is 8.04. The highest BCUT2D eigenvalue weighted by atomic mass is 16.2. The predicted octanol–water partition coefficient (Wildman–Crippen LogP) is 2.78. The van der Waals surface area contributed by atoms with Gasteiger partial charge in [0.05, 0.1) is 17.2 Å². The number of hydrogen-bond acceptors (Lipinski definition) is 3. The van der Waals surface area contributed by atoms with Crippen molar-refractivity contribution in [1.82, 2.24) is 5.01 Å². The van der Waals surface area contributed by atoms with Gasteiger partial charge < -0.3 is 5.73 Å². The van der Waals surface area contributed by atoms with Gasteiger partial charge in [-0.3, -0.25) is 4.79 Å². The molecular formula is C16H21N3O. The van der Waals surface area contributed by atoms with Gasteiger partial charge in [-0.05, 0) is 37.0 Å². The lowest BCUT2D eigenvalue weighted by atomic mass is 9.81. The Kier molecular flexibility index (Phi) is 3.04. The summed E-state index contributed by atoms with van der Waals surface area (Å²) in [5.74, 6) is 0.154. The van der Waals surface area contributed by atoms with Crippen LogP contribution in [0.25, 0.3) is 0 Å². The van der Waals surface area contributed by atoms with Crippen LogP contribution in [0.5, 0.6) is 0 Å². The third-order valence-electron chi connectivity index (χ3n) is 4.29. The number of nitrogens with two attached hydrogens (primary N) is 1. The standard InChI is InChI=1S/C16H21N3O/c1-16(2)10-14(11-6-8-12(17)9-7-11)18-19(15(16)20)13-4-3-5-13/h6-9,13H,3-5,10,17H2,1-2H3. The van der Waals surface area contributed by atoms with E-state index in [0.29, 0.717) is 12.5 Å². The molecule has 4 nitrogen and oxygen atoms in total. The van der Waals surface area contributed by atoms with E-state index in [-0.39, 0.29) is 11.3 Å². The highest BCUT2D eigenvalue weighted by Gasteiger charge is 2.42. The normalized spacial score (nSPS) is 22.4. The molecule has 2 aliphatic rings. The van der Waals surface area contributed by atoms with Gasteiger partial charge in [-0.15, -0.1) is 0 Å². The van der Waals surface area contributed by atoms with E-state index in [1.54, 1.807) is 5.01 Å². The first-order valence-corrected chi connectivity index (χ1v) is 7.24. The number of carbonyl (C=O) groups is 1. The first-order valence-electron chi connectivity index (χ1n) is 7.24. The van der Waals surface area contributed by atoms with E-state index in [1.807, 2.05) is 38.1 Å². The molecule has 4 heteroatoms. The van der Waals surface area contributed by atoms with Crippen molar-refractivity contribution in [2.75, 3.05) is 5.73 Å². The molecule has 0 spiro atoms. The maximum absolute atomic E-state index is 12.5. The summed E-state index contributed by atoms with van der Waals surface area (Å²) in [6.45, 7) is 4.01. The SMILES string of the molecule is CC1(C)CC(c2ccc(N)cc2)=NN(C2CCC2)C1=O. The van der Waals surface area contributed by atoms with Crippen LogP contribution in [-0.4, -0.2) is 22.7 Å². The number of nitrogens with zero attached hydrogens (tertiary/aromatic N) is 2. The second-order valence-electron chi connectivity index (χ2n) is 6.46. The molecule has 0 radical (unpaired) electrons. The first-order chi connectivity index (χ1) is 9.47. The van der Waals surface area contributed by atoms with Crippen molar-refractivity contribution in [3.63, 3.8) is 0 Å². The van der Waals surface area contributed by atoms with Crippen molar-refractivity contribution in [1.29, 1.82) is 0 Å². The molecule has 0 unspecified atom stereocenters. The van der Waals surface area contributed by atoms with Gasteiger partial charge in [0, 0.05) is 12.1 Å². The van der Waals surface area contributed by atoms with Crippen LogP contribution in [0.3, 0.4) is 0 Å². The molecule has 1 saturated carbocycles. The molecule has 0 bridgehead atoms. The minimum Gasteiger partial charge on any atom is -0.399 e. The Labute approximate surface area is 119 Å². The van der Waals surface area contributed by atoms with Gasteiger partial charge in [0.15, 0.2) is 0 Å². The zero-order chi connectivity index (χ0) is 14.3. The summed E-state index contributed by atoms with van der Waals surface area (Å²) in [5, 5.41) is 6.37. The van der Waals surface area contributed by atoms with Crippen LogP contribution in [0.4, 0.5) is 5.69 Å². The Morgan fingerprint density at radius 2 is 1.90 bits per heavy atom. The van der Waals surface area contributed by atoms with Gasteiger partial charge in [-0.1, -0.05) is 26.0 Å². The van der Waals surface area contributed by atoms with Crippen LogP contribution >= 0.6 is 0 Å². The van der Waals surface area contributed by atoms with Crippen LogP contribution in [-0.2, 0) is 4.79 Å². The third kappa shape index (κ3) is 2.19. The highest BCUT2D eigenvalue weighted by Crippen LogP contribution is 2.36. The number of anilines is 1. The lowest BCUT2D eigenvalue weighted by Crippen LogP contribution is -2.50. The van der Waals surface area contributed by atoms with Crippen molar-refractivity contribution in [3.05, 3.63) is 29.8 Å². The molecule has 1 aromatic carbocycles. The molecule has 0 aromatic heterocycles. The van der Waals surface area contributed by atoms with Crippen LogP contribution in [0.1, 0.15) is 45.1 Å². The topological polar surface area (TPSA) is 58.7 Å². The fourth-order valence-corrected chi connectivity index (χ4v) is 2.73. The van der Waals surface area contributed by atoms with Gasteiger partial charge in [0.25, 0.3) is 0 Å². The molecule has 1 heterocycles. The maximum Gasteiger partial charge on any atom is 0.248 e. The van der Waals surface area contributed by atoms with E-state index in [2.05, 4.69) is 5.10 Å². The zero-order valence-electron chi connectivity index (χ0n) is 12.1. The van der Waals surface area contributed by atoms with Crippen LogP contribution < -0.4 is 5.73 Å². The quantitative estimate of drug-likeness (QED) is 0.841. The second kappa shape index (κ2) is 4.62. The van der Waals surface area contributed by atoms with Gasteiger partial charge in [0.1, 0.15) is 0 Å². The minimum absolute atomic E-state index is 0.154. The minimum atomic E-state index is -0.381. The summed E-state index contributed by atoms with van der Waals surface area (Å²) in [6.07, 6.45) is 4.02. The van der Waals surface area contributed by atoms with Crippen LogP contribution in [0.2, 0.25) is 0 Å². The molecule has 106 valence electrons. The maximum atomic E-state index is 12.5. The molecule has 2 N–H and O–H groups in total. The Morgan fingerprint density at radius 1 is 1.25 bits per heavy atom. The molecule has 1 aliphatic carbocycles. The number of hydrogen-bond donors (Lipinski definition) is 1. The Bertz CT molecular complexity index is 556. The van der Waals surface area contributed by atoms with E-state index in [4.69, 9.17) is 5.73 Å². The second-order valence-corrected chi connectivity index (χ2v) is 6.46. The number of benzene rings is 1. The Hall–Kier alpha value is -1.84. The lowest BCUT2D eigenvalue weighted by molar-refractivity contribution is -0.145. The fourth-order valence-electron chi connectivity index (χ4n) is 2.73. The van der Waals surface area contributed by atoms with Gasteiger partial charge >= 0.3 is 0 Å². The number of carbonyl (C=O) groups excluding carboxylic acids is 1. The average molecular weight is 271 g/mol. The van der Waals surface area contributed by atoms with E-state index >= 15 is 0 Å². The van der Waals surface area contributed by atoms with Gasteiger partial charge in [0.2, 0.25) is 5.91 Å². The number of hydrazone groups is 1. The predicted molar refractivity (Wildman–Crippen MR) is 80.3 cm³/mol. The molecule has 0 saturated heterocycles. The molecule has 1 aliphatic heterocycles. The van der Waals surface area contributed by atoms with E-state index in [0.717, 1.165) is 29.8 Å². The zero-order valence-corrected chi connectivity index (χ0v) is 12.1. The summed E-state index contributed by atoms with van der Waals surface area (Å²) in [4.78, 5) is 12.5. The molecular weight excluding hydrogens is 250 g/mol. The van der Waals surface area contributed by atoms with Crippen LogP contribution in [0.15, 0.2) is 29.4 Å². The first kappa shape index (κ1) is 13.2. The molecule has 1 fully saturated rings. The number of rotatable bonds is 2. The molecule has 0 atom stereocenters. The van der Waals surface area contributed by atoms with E-state index in [1.165, 1.54) is 6.42 Å². The van der Waals surface area contributed by atoms with Gasteiger partial charge in [-0.2, -0.15) is 5.10 Å². The Morgan fingerprint density at radius 3 is 2.45 bits per heavy atom. The van der Waals surface area contributed by atoms with Crippen molar-refractivity contribution in [2.45, 2.75) is 45.6 Å². The molecule has 1 amide bonds. The summed E-state index contributed by atoms with van der Waals surface area (Å²) < 4.78 is 0. The monoisotopic (exact) mass is 271 g/mol. The van der Waals surface area contributed by atoms with Crippen molar-refractivity contribution >= 4 is 17.3 Å². The molecule has 20 heavy (non-hydrogen) atoms. The van der Waals surface area contributed by atoms with E-state index in [9.17, 15) is 4.79 Å². The van der Waals surface area contributed by atoms with E-state index < -0.39 is 0 Å².